The van der Waals surface area contributed by atoms with Crippen molar-refractivity contribution in [2.45, 2.75) is 25.7 Å². The first-order valence-corrected chi connectivity index (χ1v) is 15.1. The molecule has 0 radical (unpaired) electrons. The molecule has 0 saturated carbocycles. The van der Waals surface area contributed by atoms with Gasteiger partial charge in [0.25, 0.3) is 21.8 Å². The number of methoxy groups -OCH3 is 1. The number of carbonyl (C=O) groups is 2. The normalized spacial score (nSPS) is 11.2. The summed E-state index contributed by atoms with van der Waals surface area (Å²) >= 11 is 0. The van der Waals surface area contributed by atoms with Crippen LogP contribution in [0.5, 0.6) is 11.5 Å². The molecule has 0 aliphatic carbocycles. The number of sulfonamides is 1. The Bertz CT molecular complexity index is 1740. The van der Waals surface area contributed by atoms with Gasteiger partial charge in [0.15, 0.2) is 6.61 Å². The van der Waals surface area contributed by atoms with E-state index in [1.165, 1.54) is 18.3 Å². The zero-order chi connectivity index (χ0) is 31.7. The van der Waals surface area contributed by atoms with Crippen molar-refractivity contribution in [2.24, 2.45) is 5.10 Å². The number of benzene rings is 4. The first-order valence-electron chi connectivity index (χ1n) is 13.7. The number of hydrogen-bond acceptors (Lipinski definition) is 7. The van der Waals surface area contributed by atoms with E-state index in [0.717, 1.165) is 21.0 Å². The van der Waals surface area contributed by atoms with Crippen molar-refractivity contribution in [3.8, 4) is 11.5 Å². The topological polar surface area (TPSA) is 126 Å². The van der Waals surface area contributed by atoms with E-state index >= 15 is 0 Å². The molecule has 0 fully saturated rings. The molecule has 10 nitrogen and oxygen atoms in total. The van der Waals surface area contributed by atoms with Gasteiger partial charge in [0.05, 0.1) is 23.9 Å². The van der Waals surface area contributed by atoms with Gasteiger partial charge in [-0.05, 0) is 110 Å². The third-order valence-electron chi connectivity index (χ3n) is 6.70. The van der Waals surface area contributed by atoms with Crippen LogP contribution in [0.3, 0.4) is 0 Å². The van der Waals surface area contributed by atoms with Crippen LogP contribution in [0.25, 0.3) is 0 Å². The predicted molar refractivity (Wildman–Crippen MR) is 171 cm³/mol. The van der Waals surface area contributed by atoms with Crippen molar-refractivity contribution in [3.63, 3.8) is 0 Å². The summed E-state index contributed by atoms with van der Waals surface area (Å²) in [5.41, 5.74) is 6.88. The van der Waals surface area contributed by atoms with E-state index < -0.39 is 22.5 Å². The molecule has 4 aromatic carbocycles. The lowest BCUT2D eigenvalue weighted by Crippen LogP contribution is -2.39. The third kappa shape index (κ3) is 8.45. The van der Waals surface area contributed by atoms with Crippen LogP contribution in [-0.2, 0) is 19.6 Å². The van der Waals surface area contributed by atoms with Gasteiger partial charge in [-0.25, -0.2) is 13.8 Å². The Morgan fingerprint density at radius 1 is 0.818 bits per heavy atom. The average Bonchev–Trinajstić information content (AvgIpc) is 3.01. The van der Waals surface area contributed by atoms with Gasteiger partial charge < -0.3 is 14.8 Å². The minimum absolute atomic E-state index is 0.0816. The number of carbonyl (C=O) groups excluding carboxylic acids is 2. The fourth-order valence-corrected chi connectivity index (χ4v) is 5.46. The Hall–Kier alpha value is -5.16. The largest absolute Gasteiger partial charge is 0.497 e. The van der Waals surface area contributed by atoms with Gasteiger partial charge in [-0.3, -0.25) is 13.9 Å². The standard InChI is InChI=1S/C33H34N4O6S/c1-23-5-17-31(18-6-23)44(40,41)37(28-12-7-24(2)25(3)19-28)21-32(38)36-34-20-26-8-13-30(14-9-26)43-22-33(39)35-27-10-15-29(42-4)16-11-27/h5-20H,21-22H2,1-4H3,(H,35,39)(H,36,38)/b34-20-. The monoisotopic (exact) mass is 614 g/mol. The molecule has 2 N–H and O–H groups in total. The smallest absolute Gasteiger partial charge is 0.264 e. The second-order valence-corrected chi connectivity index (χ2v) is 11.9. The molecule has 228 valence electrons. The van der Waals surface area contributed by atoms with E-state index in [9.17, 15) is 18.0 Å². The summed E-state index contributed by atoms with van der Waals surface area (Å²) in [5, 5.41) is 6.73. The van der Waals surface area contributed by atoms with Crippen LogP contribution in [0.1, 0.15) is 22.3 Å². The van der Waals surface area contributed by atoms with Gasteiger partial charge in [-0.2, -0.15) is 5.10 Å². The molecular formula is C33H34N4O6S. The van der Waals surface area contributed by atoms with Crippen molar-refractivity contribution >= 4 is 39.4 Å². The Balaban J connectivity index is 1.35. The molecule has 0 aliphatic heterocycles. The van der Waals surface area contributed by atoms with Gasteiger partial charge in [0.2, 0.25) is 0 Å². The zero-order valence-corrected chi connectivity index (χ0v) is 25.7. The summed E-state index contributed by atoms with van der Waals surface area (Å²) in [6, 6.07) is 25.4. The van der Waals surface area contributed by atoms with E-state index in [1.54, 1.807) is 79.9 Å². The van der Waals surface area contributed by atoms with Crippen molar-refractivity contribution in [1.82, 2.24) is 5.43 Å². The van der Waals surface area contributed by atoms with Gasteiger partial charge in [-0.15, -0.1) is 0 Å². The summed E-state index contributed by atoms with van der Waals surface area (Å²) in [6.45, 7) is 5.03. The number of ether oxygens (including phenoxy) is 2. The third-order valence-corrected chi connectivity index (χ3v) is 8.49. The Labute approximate surface area is 257 Å². The number of hydrazone groups is 1. The molecule has 0 aliphatic rings. The van der Waals surface area contributed by atoms with E-state index in [4.69, 9.17) is 9.47 Å². The highest BCUT2D eigenvalue weighted by atomic mass is 32.2. The fourth-order valence-electron chi connectivity index (χ4n) is 4.05. The molecule has 0 bridgehead atoms. The van der Waals surface area contributed by atoms with Crippen LogP contribution in [0.2, 0.25) is 0 Å². The van der Waals surface area contributed by atoms with E-state index in [-0.39, 0.29) is 17.4 Å². The SMILES string of the molecule is COc1ccc(NC(=O)COc2ccc(/C=N\NC(=O)CN(c3ccc(C)c(C)c3)S(=O)(=O)c3ccc(C)cc3)cc2)cc1. The maximum absolute atomic E-state index is 13.6. The van der Waals surface area contributed by atoms with Crippen LogP contribution in [0, 0.1) is 20.8 Å². The molecule has 0 heterocycles. The molecule has 4 rings (SSSR count). The quantitative estimate of drug-likeness (QED) is 0.171. The lowest BCUT2D eigenvalue weighted by molar-refractivity contribution is -0.119. The molecule has 0 aromatic heterocycles. The second-order valence-electron chi connectivity index (χ2n) is 10.0. The lowest BCUT2D eigenvalue weighted by atomic mass is 10.1. The molecule has 4 aromatic rings. The molecule has 0 saturated heterocycles. The Morgan fingerprint density at radius 2 is 1.48 bits per heavy atom. The first-order chi connectivity index (χ1) is 21.0. The molecule has 44 heavy (non-hydrogen) atoms. The van der Waals surface area contributed by atoms with Crippen LogP contribution in [0.15, 0.2) is 101 Å². The number of anilines is 2. The van der Waals surface area contributed by atoms with E-state index in [1.807, 2.05) is 26.8 Å². The fraction of sp³-hybridized carbons (Fsp3) is 0.182. The zero-order valence-electron chi connectivity index (χ0n) is 24.9. The molecular weight excluding hydrogens is 580 g/mol. The Kier molecular flexibility index (Phi) is 10.4. The van der Waals surface area contributed by atoms with Crippen LogP contribution >= 0.6 is 0 Å². The van der Waals surface area contributed by atoms with Crippen molar-refractivity contribution in [1.29, 1.82) is 0 Å². The predicted octanol–water partition coefficient (Wildman–Crippen LogP) is 4.98. The number of nitrogens with one attached hydrogen (secondary N) is 2. The van der Waals surface area contributed by atoms with E-state index in [0.29, 0.717) is 28.4 Å². The Morgan fingerprint density at radius 3 is 2.11 bits per heavy atom. The van der Waals surface area contributed by atoms with Crippen molar-refractivity contribution in [3.05, 3.63) is 113 Å². The van der Waals surface area contributed by atoms with Crippen molar-refractivity contribution < 1.29 is 27.5 Å². The average molecular weight is 615 g/mol. The second kappa shape index (κ2) is 14.3. The minimum Gasteiger partial charge on any atom is -0.497 e. The maximum Gasteiger partial charge on any atom is 0.264 e. The van der Waals surface area contributed by atoms with Gasteiger partial charge in [0.1, 0.15) is 18.0 Å². The highest BCUT2D eigenvalue weighted by Gasteiger charge is 2.27. The summed E-state index contributed by atoms with van der Waals surface area (Å²) in [5.74, 6) is 0.231. The van der Waals surface area contributed by atoms with Crippen LogP contribution in [0.4, 0.5) is 11.4 Å². The summed E-state index contributed by atoms with van der Waals surface area (Å²) in [7, 11) is -2.47. The highest BCUT2D eigenvalue weighted by Crippen LogP contribution is 2.26. The maximum atomic E-state index is 13.6. The number of aryl methyl sites for hydroxylation is 3. The summed E-state index contributed by atoms with van der Waals surface area (Å²) < 4.78 is 38.9. The van der Waals surface area contributed by atoms with Gasteiger partial charge in [0, 0.05) is 5.69 Å². The number of amides is 2. The van der Waals surface area contributed by atoms with Crippen LogP contribution in [-0.4, -0.2) is 46.7 Å². The summed E-state index contributed by atoms with van der Waals surface area (Å²) in [6.07, 6.45) is 1.42. The molecule has 11 heteroatoms. The van der Waals surface area contributed by atoms with E-state index in [2.05, 4.69) is 15.8 Å². The molecule has 2 amide bonds. The number of rotatable bonds is 12. The van der Waals surface area contributed by atoms with Gasteiger partial charge >= 0.3 is 0 Å². The molecule has 0 spiro atoms. The number of hydrogen-bond donors (Lipinski definition) is 2. The minimum atomic E-state index is -4.04. The van der Waals surface area contributed by atoms with Gasteiger partial charge in [-0.1, -0.05) is 23.8 Å². The van der Waals surface area contributed by atoms with Crippen LogP contribution < -0.4 is 24.5 Å². The molecule has 0 unspecified atom stereocenters. The number of nitrogens with zero attached hydrogens (tertiary/aromatic N) is 2. The lowest BCUT2D eigenvalue weighted by Gasteiger charge is -2.24. The first kappa shape index (κ1) is 31.8. The summed E-state index contributed by atoms with van der Waals surface area (Å²) in [4.78, 5) is 25.2. The molecule has 0 atom stereocenters. The highest BCUT2D eigenvalue weighted by molar-refractivity contribution is 7.92. The van der Waals surface area contributed by atoms with Crippen molar-refractivity contribution in [2.75, 3.05) is 29.9 Å².